The molecule has 9 heteroatoms. The fourth-order valence-corrected chi connectivity index (χ4v) is 2.95. The molecule has 0 bridgehead atoms. The molecule has 0 unspecified atom stereocenters. The summed E-state index contributed by atoms with van der Waals surface area (Å²) < 4.78 is 23.8. The Morgan fingerprint density at radius 2 is 1.76 bits per heavy atom. The number of fused-ring (bicyclic) bond motifs is 1. The number of nitrogens with zero attached hydrogens (tertiary/aromatic N) is 4. The minimum Gasteiger partial charge on any atom is -0.495 e. The minimum atomic E-state index is -0.507. The van der Waals surface area contributed by atoms with E-state index in [0.717, 1.165) is 22.2 Å². The van der Waals surface area contributed by atoms with Crippen molar-refractivity contribution < 1.29 is 13.9 Å². The van der Waals surface area contributed by atoms with E-state index < -0.39 is 5.82 Å². The molecular formula is C20H19FN6O2. The summed E-state index contributed by atoms with van der Waals surface area (Å²) in [5.74, 6) is 0.623. The zero-order chi connectivity index (χ0) is 20.2. The molecule has 0 saturated carbocycles. The SMILES string of the molecule is COc1cnc2[nH]cc(Cc3cnc(NCc4cnc(OC)c(F)c4)nc3)c2c1. The van der Waals surface area contributed by atoms with Gasteiger partial charge in [0.1, 0.15) is 11.4 Å². The molecule has 0 aliphatic carbocycles. The maximum atomic E-state index is 13.7. The number of ether oxygens (including phenoxy) is 2. The third-order valence-electron chi connectivity index (χ3n) is 4.44. The van der Waals surface area contributed by atoms with Crippen molar-refractivity contribution in [3.8, 4) is 11.6 Å². The quantitative estimate of drug-likeness (QED) is 0.497. The Morgan fingerprint density at radius 1 is 0.966 bits per heavy atom. The topological polar surface area (TPSA) is 97.8 Å². The fraction of sp³-hybridized carbons (Fsp3) is 0.200. The van der Waals surface area contributed by atoms with Gasteiger partial charge in [-0.2, -0.15) is 0 Å². The molecule has 8 nitrogen and oxygen atoms in total. The van der Waals surface area contributed by atoms with Crippen LogP contribution in [0.1, 0.15) is 16.7 Å². The number of aromatic amines is 1. The number of anilines is 1. The van der Waals surface area contributed by atoms with E-state index in [2.05, 4.69) is 30.2 Å². The zero-order valence-corrected chi connectivity index (χ0v) is 15.9. The number of pyridine rings is 2. The largest absolute Gasteiger partial charge is 0.495 e. The second-order valence-electron chi connectivity index (χ2n) is 6.37. The molecule has 4 rings (SSSR count). The van der Waals surface area contributed by atoms with Crippen molar-refractivity contribution >= 4 is 17.0 Å². The average Bonchev–Trinajstić information content (AvgIpc) is 3.15. The van der Waals surface area contributed by atoms with Crippen LogP contribution >= 0.6 is 0 Å². The lowest BCUT2D eigenvalue weighted by Crippen LogP contribution is -2.05. The van der Waals surface area contributed by atoms with Crippen LogP contribution in [0.15, 0.2) is 43.1 Å². The third-order valence-corrected chi connectivity index (χ3v) is 4.44. The van der Waals surface area contributed by atoms with Gasteiger partial charge in [0.2, 0.25) is 11.8 Å². The van der Waals surface area contributed by atoms with Crippen LogP contribution in [0.4, 0.5) is 10.3 Å². The van der Waals surface area contributed by atoms with E-state index in [4.69, 9.17) is 9.47 Å². The van der Waals surface area contributed by atoms with E-state index in [1.54, 1.807) is 31.9 Å². The molecule has 148 valence electrons. The average molecular weight is 394 g/mol. The molecule has 29 heavy (non-hydrogen) atoms. The molecule has 4 aromatic heterocycles. The van der Waals surface area contributed by atoms with Gasteiger partial charge in [-0.25, -0.2) is 24.3 Å². The van der Waals surface area contributed by atoms with Crippen molar-refractivity contribution in [1.29, 1.82) is 0 Å². The van der Waals surface area contributed by atoms with E-state index in [1.165, 1.54) is 13.2 Å². The Morgan fingerprint density at radius 3 is 2.48 bits per heavy atom. The normalized spacial score (nSPS) is 10.9. The summed E-state index contributed by atoms with van der Waals surface area (Å²) in [5, 5.41) is 4.05. The zero-order valence-electron chi connectivity index (χ0n) is 15.9. The van der Waals surface area contributed by atoms with Gasteiger partial charge in [0.25, 0.3) is 0 Å². The first-order chi connectivity index (χ1) is 14.2. The van der Waals surface area contributed by atoms with Crippen LogP contribution in [-0.2, 0) is 13.0 Å². The first-order valence-electron chi connectivity index (χ1n) is 8.89. The van der Waals surface area contributed by atoms with Gasteiger partial charge in [-0.3, -0.25) is 0 Å². The number of rotatable bonds is 7. The molecule has 0 fully saturated rings. The van der Waals surface area contributed by atoms with Crippen LogP contribution in [0.3, 0.4) is 0 Å². The van der Waals surface area contributed by atoms with Crippen molar-refractivity contribution in [2.75, 3.05) is 19.5 Å². The Hall–Kier alpha value is -3.75. The first kappa shape index (κ1) is 18.6. The molecule has 0 aromatic carbocycles. The van der Waals surface area contributed by atoms with Crippen molar-refractivity contribution in [1.82, 2.24) is 24.9 Å². The number of halogens is 1. The van der Waals surface area contributed by atoms with Crippen LogP contribution in [0.2, 0.25) is 0 Å². The molecule has 0 amide bonds. The summed E-state index contributed by atoms with van der Waals surface area (Å²) in [6, 6.07) is 3.32. The van der Waals surface area contributed by atoms with Crippen LogP contribution in [0, 0.1) is 5.82 Å². The number of nitrogens with one attached hydrogen (secondary N) is 2. The van der Waals surface area contributed by atoms with Gasteiger partial charge < -0.3 is 19.8 Å². The van der Waals surface area contributed by atoms with E-state index in [9.17, 15) is 4.39 Å². The Kier molecular flexibility index (Phi) is 5.19. The van der Waals surface area contributed by atoms with Gasteiger partial charge in [-0.05, 0) is 28.8 Å². The third kappa shape index (κ3) is 4.08. The highest BCUT2D eigenvalue weighted by Gasteiger charge is 2.09. The lowest BCUT2D eigenvalue weighted by molar-refractivity contribution is 0.368. The minimum absolute atomic E-state index is 0.0283. The monoisotopic (exact) mass is 394 g/mol. The Labute approximate surface area is 166 Å². The second kappa shape index (κ2) is 8.09. The van der Waals surface area contributed by atoms with E-state index in [-0.39, 0.29) is 5.88 Å². The number of hydrogen-bond donors (Lipinski definition) is 2. The highest BCUT2D eigenvalue weighted by atomic mass is 19.1. The van der Waals surface area contributed by atoms with Gasteiger partial charge >= 0.3 is 0 Å². The first-order valence-corrected chi connectivity index (χ1v) is 8.89. The molecule has 0 radical (unpaired) electrons. The Balaban J connectivity index is 1.42. The summed E-state index contributed by atoms with van der Waals surface area (Å²) in [6.45, 7) is 0.348. The number of H-pyrrole nitrogens is 1. The molecule has 4 heterocycles. The number of methoxy groups -OCH3 is 2. The highest BCUT2D eigenvalue weighted by molar-refractivity contribution is 5.81. The van der Waals surface area contributed by atoms with Gasteiger partial charge in [0.15, 0.2) is 5.82 Å². The predicted molar refractivity (Wildman–Crippen MR) is 106 cm³/mol. The maximum Gasteiger partial charge on any atom is 0.250 e. The number of aromatic nitrogens is 5. The van der Waals surface area contributed by atoms with Crippen LogP contribution in [0.25, 0.3) is 11.0 Å². The van der Waals surface area contributed by atoms with E-state index >= 15 is 0 Å². The van der Waals surface area contributed by atoms with E-state index in [1.807, 2.05) is 12.3 Å². The van der Waals surface area contributed by atoms with E-state index in [0.29, 0.717) is 30.2 Å². The lowest BCUT2D eigenvalue weighted by Gasteiger charge is -2.07. The van der Waals surface area contributed by atoms with Crippen LogP contribution in [0.5, 0.6) is 11.6 Å². The summed E-state index contributed by atoms with van der Waals surface area (Å²) in [7, 11) is 2.99. The summed E-state index contributed by atoms with van der Waals surface area (Å²) >= 11 is 0. The lowest BCUT2D eigenvalue weighted by atomic mass is 10.1. The Bertz CT molecular complexity index is 1130. The van der Waals surface area contributed by atoms with Gasteiger partial charge in [0.05, 0.1) is 20.4 Å². The summed E-state index contributed by atoms with van der Waals surface area (Å²) in [4.78, 5) is 20.1. The second-order valence-corrected chi connectivity index (χ2v) is 6.37. The van der Waals surface area contributed by atoms with Crippen molar-refractivity contribution in [2.24, 2.45) is 0 Å². The van der Waals surface area contributed by atoms with Crippen molar-refractivity contribution in [3.05, 3.63) is 65.6 Å². The van der Waals surface area contributed by atoms with Gasteiger partial charge in [-0.15, -0.1) is 0 Å². The molecule has 0 aliphatic rings. The highest BCUT2D eigenvalue weighted by Crippen LogP contribution is 2.23. The predicted octanol–water partition coefficient (Wildman–Crippen LogP) is 3.11. The van der Waals surface area contributed by atoms with Gasteiger partial charge in [-0.1, -0.05) is 0 Å². The standard InChI is InChI=1S/C20H19FN6O2/c1-28-15-5-16-14(10-22-18(16)23-11-15)3-12-7-25-20(26-8-12)27-9-13-4-17(21)19(29-2)24-6-13/h4-8,10-11H,3,9H2,1-2H3,(H,22,23)(H,25,26,27). The molecule has 2 N–H and O–H groups in total. The van der Waals surface area contributed by atoms with Crippen LogP contribution in [-0.4, -0.2) is 39.1 Å². The molecule has 4 aromatic rings. The molecule has 0 aliphatic heterocycles. The number of hydrogen-bond acceptors (Lipinski definition) is 7. The smallest absolute Gasteiger partial charge is 0.250 e. The molecule has 0 saturated heterocycles. The molecule has 0 spiro atoms. The summed E-state index contributed by atoms with van der Waals surface area (Å²) in [6.07, 6.45) is 9.32. The fourth-order valence-electron chi connectivity index (χ4n) is 2.95. The van der Waals surface area contributed by atoms with Crippen molar-refractivity contribution in [2.45, 2.75) is 13.0 Å². The summed E-state index contributed by atoms with van der Waals surface area (Å²) in [5.41, 5.74) is 3.50. The van der Waals surface area contributed by atoms with Crippen LogP contribution < -0.4 is 14.8 Å². The van der Waals surface area contributed by atoms with Gasteiger partial charge in [0, 0.05) is 43.1 Å². The maximum absolute atomic E-state index is 13.7. The molecule has 0 atom stereocenters. The van der Waals surface area contributed by atoms with Crippen molar-refractivity contribution in [3.63, 3.8) is 0 Å². The molecular weight excluding hydrogens is 375 g/mol.